The number of benzene rings is 1. The third-order valence-electron chi connectivity index (χ3n) is 2.38. The minimum atomic E-state index is 0.397. The van der Waals surface area contributed by atoms with Crippen LogP contribution >= 0.6 is 0 Å². The molecule has 15 heavy (non-hydrogen) atoms. The lowest BCUT2D eigenvalue weighted by molar-refractivity contribution is 0.962. The molecule has 0 aliphatic carbocycles. The van der Waals surface area contributed by atoms with Gasteiger partial charge in [-0.1, -0.05) is 42.4 Å². The molecule has 1 unspecified atom stereocenters. The van der Waals surface area contributed by atoms with Gasteiger partial charge in [0.2, 0.25) is 0 Å². The Labute approximate surface area is 90.1 Å². The monoisotopic (exact) mass is 201 g/mol. The van der Waals surface area contributed by atoms with Crippen LogP contribution in [-0.4, -0.2) is 0 Å². The van der Waals surface area contributed by atoms with Gasteiger partial charge < -0.3 is 0 Å². The molecule has 0 amide bonds. The van der Waals surface area contributed by atoms with Gasteiger partial charge in [-0.05, 0) is 36.4 Å². The average molecular weight is 201 g/mol. The second kappa shape index (κ2) is 5.23. The summed E-state index contributed by atoms with van der Waals surface area (Å²) in [5.74, 6) is 0.397. The van der Waals surface area contributed by atoms with E-state index in [1.54, 1.807) is 0 Å². The van der Waals surface area contributed by atoms with Crippen molar-refractivity contribution in [1.82, 2.24) is 0 Å². The van der Waals surface area contributed by atoms with Gasteiger partial charge in [-0.3, -0.25) is 0 Å². The van der Waals surface area contributed by atoms with E-state index in [1.165, 1.54) is 5.56 Å². The van der Waals surface area contributed by atoms with Crippen molar-refractivity contribution in [2.24, 2.45) is 5.11 Å². The molecule has 1 atom stereocenters. The lowest BCUT2D eigenvalue weighted by Crippen LogP contribution is -1.89. The van der Waals surface area contributed by atoms with Gasteiger partial charge in [0, 0.05) is 10.6 Å². The van der Waals surface area contributed by atoms with E-state index in [0.717, 1.165) is 5.56 Å². The highest BCUT2D eigenvalue weighted by Gasteiger charge is 2.03. The Kier molecular flexibility index (Phi) is 3.95. The van der Waals surface area contributed by atoms with Crippen molar-refractivity contribution in [2.45, 2.75) is 26.7 Å². The van der Waals surface area contributed by atoms with Crippen LogP contribution in [0, 0.1) is 6.92 Å². The molecule has 3 nitrogen and oxygen atoms in total. The van der Waals surface area contributed by atoms with Crippen molar-refractivity contribution < 1.29 is 0 Å². The predicted molar refractivity (Wildman–Crippen MR) is 63.2 cm³/mol. The maximum atomic E-state index is 8.35. The van der Waals surface area contributed by atoms with Crippen molar-refractivity contribution >= 4 is 5.69 Å². The molecule has 78 valence electrons. The van der Waals surface area contributed by atoms with Crippen molar-refractivity contribution in [3.63, 3.8) is 0 Å². The zero-order chi connectivity index (χ0) is 11.3. The van der Waals surface area contributed by atoms with Gasteiger partial charge in [0.1, 0.15) is 0 Å². The quantitative estimate of drug-likeness (QED) is 0.296. The molecule has 0 aliphatic heterocycles. The predicted octanol–water partition coefficient (Wildman–Crippen LogP) is 4.62. The molecule has 0 bridgehead atoms. The molecule has 1 aromatic rings. The van der Waals surface area contributed by atoms with Gasteiger partial charge in [-0.2, -0.15) is 0 Å². The zero-order valence-electron chi connectivity index (χ0n) is 9.31. The number of allylic oxidation sites excluding steroid dienone is 2. The summed E-state index contributed by atoms with van der Waals surface area (Å²) in [5.41, 5.74) is 11.3. The standard InChI is InChI=1S/C12H15N3/c1-4-5-9(2)11-6-7-12(14-15-13)10(3)8-11/h4-9H,1-3H3/b5-4+. The first-order chi connectivity index (χ1) is 7.19. The van der Waals surface area contributed by atoms with Crippen LogP contribution in [0.5, 0.6) is 0 Å². The fraction of sp³-hybridized carbons (Fsp3) is 0.333. The minimum absolute atomic E-state index is 0.397. The largest absolute Gasteiger partial charge is 0.0911 e. The van der Waals surface area contributed by atoms with Gasteiger partial charge >= 0.3 is 0 Å². The Bertz CT molecular complexity index is 415. The SMILES string of the molecule is C/C=C/C(C)c1ccc(N=[N+]=[N-])c(C)c1. The number of hydrogen-bond acceptors (Lipinski definition) is 1. The molecule has 0 aliphatic rings. The zero-order valence-corrected chi connectivity index (χ0v) is 9.31. The summed E-state index contributed by atoms with van der Waals surface area (Å²) in [4.78, 5) is 2.79. The maximum Gasteiger partial charge on any atom is 0.0404 e. The molecule has 0 N–H and O–H groups in total. The van der Waals surface area contributed by atoms with Gasteiger partial charge in [0.25, 0.3) is 0 Å². The Morgan fingerprint density at radius 2 is 2.20 bits per heavy atom. The Morgan fingerprint density at radius 3 is 2.73 bits per heavy atom. The van der Waals surface area contributed by atoms with Crippen LogP contribution in [0.25, 0.3) is 10.4 Å². The van der Waals surface area contributed by atoms with Gasteiger partial charge in [0.15, 0.2) is 0 Å². The number of hydrogen-bond donors (Lipinski definition) is 0. The fourth-order valence-corrected chi connectivity index (χ4v) is 1.52. The van der Waals surface area contributed by atoms with E-state index in [-0.39, 0.29) is 0 Å². The molecule has 1 aromatic carbocycles. The summed E-state index contributed by atoms with van der Waals surface area (Å²) >= 11 is 0. The van der Waals surface area contributed by atoms with Crippen LogP contribution in [-0.2, 0) is 0 Å². The fourth-order valence-electron chi connectivity index (χ4n) is 1.52. The normalized spacial score (nSPS) is 12.5. The summed E-state index contributed by atoms with van der Waals surface area (Å²) in [6.07, 6.45) is 4.18. The van der Waals surface area contributed by atoms with E-state index < -0.39 is 0 Å². The van der Waals surface area contributed by atoms with Crippen molar-refractivity contribution in [2.75, 3.05) is 0 Å². The van der Waals surface area contributed by atoms with E-state index >= 15 is 0 Å². The summed E-state index contributed by atoms with van der Waals surface area (Å²) in [6.45, 7) is 6.11. The number of azide groups is 1. The van der Waals surface area contributed by atoms with E-state index in [4.69, 9.17) is 5.53 Å². The smallest absolute Gasteiger partial charge is 0.0404 e. The third-order valence-corrected chi connectivity index (χ3v) is 2.38. The molecule has 0 saturated heterocycles. The van der Waals surface area contributed by atoms with Gasteiger partial charge in [-0.25, -0.2) is 0 Å². The number of nitrogens with zero attached hydrogens (tertiary/aromatic N) is 3. The summed E-state index contributed by atoms with van der Waals surface area (Å²) in [6, 6.07) is 5.93. The summed E-state index contributed by atoms with van der Waals surface area (Å²) in [7, 11) is 0. The highest BCUT2D eigenvalue weighted by atomic mass is 15.1. The Morgan fingerprint density at radius 1 is 1.47 bits per heavy atom. The van der Waals surface area contributed by atoms with Gasteiger partial charge in [-0.15, -0.1) is 0 Å². The molecular weight excluding hydrogens is 186 g/mol. The van der Waals surface area contributed by atoms with Crippen molar-refractivity contribution in [3.05, 3.63) is 51.9 Å². The molecule has 0 aromatic heterocycles. The van der Waals surface area contributed by atoms with E-state index in [2.05, 4.69) is 29.1 Å². The molecule has 0 fully saturated rings. The molecule has 0 spiro atoms. The summed E-state index contributed by atoms with van der Waals surface area (Å²) in [5, 5.41) is 3.62. The van der Waals surface area contributed by atoms with Gasteiger partial charge in [0.05, 0.1) is 0 Å². The molecular formula is C12H15N3. The van der Waals surface area contributed by atoms with E-state index in [1.807, 2.05) is 32.1 Å². The van der Waals surface area contributed by atoms with Crippen LogP contribution in [0.4, 0.5) is 5.69 Å². The maximum absolute atomic E-state index is 8.35. The van der Waals surface area contributed by atoms with E-state index in [9.17, 15) is 0 Å². The third kappa shape index (κ3) is 2.86. The molecule has 0 heterocycles. The lowest BCUT2D eigenvalue weighted by atomic mass is 9.98. The lowest BCUT2D eigenvalue weighted by Gasteiger charge is -2.08. The molecule has 1 rings (SSSR count). The van der Waals surface area contributed by atoms with E-state index in [0.29, 0.717) is 11.6 Å². The van der Waals surface area contributed by atoms with Crippen LogP contribution < -0.4 is 0 Å². The summed E-state index contributed by atoms with van der Waals surface area (Å²) < 4.78 is 0. The van der Waals surface area contributed by atoms with Crippen LogP contribution in [0.3, 0.4) is 0 Å². The average Bonchev–Trinajstić information content (AvgIpc) is 2.21. The van der Waals surface area contributed by atoms with Crippen LogP contribution in [0.2, 0.25) is 0 Å². The molecule has 0 saturated carbocycles. The first-order valence-corrected chi connectivity index (χ1v) is 4.97. The molecule has 3 heteroatoms. The van der Waals surface area contributed by atoms with Crippen LogP contribution in [0.15, 0.2) is 35.5 Å². The van der Waals surface area contributed by atoms with Crippen molar-refractivity contribution in [3.8, 4) is 0 Å². The Balaban J connectivity index is 3.05. The molecule has 0 radical (unpaired) electrons. The Hall–Kier alpha value is -1.73. The van der Waals surface area contributed by atoms with Crippen molar-refractivity contribution in [1.29, 1.82) is 0 Å². The van der Waals surface area contributed by atoms with Crippen LogP contribution in [0.1, 0.15) is 30.9 Å². The number of rotatable bonds is 3. The second-order valence-corrected chi connectivity index (χ2v) is 3.55. The first kappa shape index (κ1) is 11.3. The number of aryl methyl sites for hydroxylation is 1. The minimum Gasteiger partial charge on any atom is -0.0911 e. The second-order valence-electron chi connectivity index (χ2n) is 3.55. The first-order valence-electron chi connectivity index (χ1n) is 4.97. The highest BCUT2D eigenvalue weighted by molar-refractivity contribution is 5.48. The topological polar surface area (TPSA) is 48.8 Å². The highest BCUT2D eigenvalue weighted by Crippen LogP contribution is 2.24.